The summed E-state index contributed by atoms with van der Waals surface area (Å²) in [6.07, 6.45) is 3.53. The van der Waals surface area contributed by atoms with E-state index in [1.54, 1.807) is 0 Å². The number of halogens is 2. The number of hydrogen-bond acceptors (Lipinski definition) is 3. The lowest BCUT2D eigenvalue weighted by molar-refractivity contribution is -0.110. The first-order valence-electron chi connectivity index (χ1n) is 5.09. The topological polar surface area (TPSA) is 63.6 Å². The van der Waals surface area contributed by atoms with Gasteiger partial charge < -0.3 is 0 Å². The van der Waals surface area contributed by atoms with Crippen LogP contribution in [0.5, 0.6) is 0 Å². The van der Waals surface area contributed by atoms with Gasteiger partial charge in [-0.25, -0.2) is 4.39 Å². The lowest BCUT2D eigenvalue weighted by Crippen LogP contribution is -2.07. The zero-order chi connectivity index (χ0) is 14.0. The first kappa shape index (κ1) is 13.6. The fraction of sp³-hybridized carbons (Fsp3) is 0. The van der Waals surface area contributed by atoms with Gasteiger partial charge in [-0.15, -0.1) is 0 Å². The third-order valence-electron chi connectivity index (χ3n) is 2.25. The number of carbonyl (C=O) groups is 1. The number of sulfonamides is 1. The molecule has 1 aromatic carbocycles. The van der Waals surface area contributed by atoms with Crippen LogP contribution in [0, 0.1) is 5.82 Å². The molecule has 4 nitrogen and oxygen atoms in total. The van der Waals surface area contributed by atoms with Gasteiger partial charge >= 0.3 is 0 Å². The van der Waals surface area contributed by atoms with Crippen molar-refractivity contribution >= 4 is 33.1 Å². The second-order valence-electron chi connectivity index (χ2n) is 3.63. The predicted molar refractivity (Wildman–Crippen MR) is 69.1 cm³/mol. The number of hydrogen-bond donors (Lipinski definition) is 0. The van der Waals surface area contributed by atoms with Gasteiger partial charge in [0.25, 0.3) is 10.0 Å². The van der Waals surface area contributed by atoms with Crippen molar-refractivity contribution in [2.24, 2.45) is 4.40 Å². The van der Waals surface area contributed by atoms with Gasteiger partial charge in [-0.2, -0.15) is 12.8 Å². The molecule has 2 rings (SSSR count). The van der Waals surface area contributed by atoms with E-state index in [4.69, 9.17) is 11.6 Å². The van der Waals surface area contributed by atoms with Crippen molar-refractivity contribution in [2.75, 3.05) is 0 Å². The number of carbonyl (C=O) groups excluding carboxylic acids is 1. The number of allylic oxidation sites excluding steroid dienone is 4. The molecule has 1 aliphatic rings. The molecular formula is C12H7ClFNO3S. The molecule has 98 valence electrons. The van der Waals surface area contributed by atoms with Gasteiger partial charge in [-0.05, 0) is 42.5 Å². The van der Waals surface area contributed by atoms with Crippen LogP contribution < -0.4 is 0 Å². The zero-order valence-corrected chi connectivity index (χ0v) is 11.0. The molecule has 0 saturated carbocycles. The van der Waals surface area contributed by atoms with Gasteiger partial charge in [-0.3, -0.25) is 4.79 Å². The van der Waals surface area contributed by atoms with Crippen LogP contribution in [0.2, 0.25) is 0 Å². The molecule has 0 atom stereocenters. The summed E-state index contributed by atoms with van der Waals surface area (Å²) in [5, 5.41) is -0.115. The Labute approximate surface area is 114 Å². The van der Waals surface area contributed by atoms with E-state index in [1.807, 2.05) is 0 Å². The first-order chi connectivity index (χ1) is 8.88. The molecule has 0 unspecified atom stereocenters. The summed E-state index contributed by atoms with van der Waals surface area (Å²) in [4.78, 5) is 10.9. The Morgan fingerprint density at radius 2 is 1.74 bits per heavy atom. The fourth-order valence-corrected chi connectivity index (χ4v) is 2.50. The van der Waals surface area contributed by atoms with E-state index >= 15 is 0 Å². The molecule has 0 saturated heterocycles. The predicted octanol–water partition coefficient (Wildman–Crippen LogP) is 2.22. The minimum absolute atomic E-state index is 0.0360. The average Bonchev–Trinajstić information content (AvgIpc) is 2.34. The Hall–Kier alpha value is -1.79. The van der Waals surface area contributed by atoms with Crippen molar-refractivity contribution in [3.8, 4) is 0 Å². The summed E-state index contributed by atoms with van der Waals surface area (Å²) >= 11 is 5.59. The van der Waals surface area contributed by atoms with Gasteiger partial charge in [0.2, 0.25) is 0 Å². The van der Waals surface area contributed by atoms with E-state index < -0.39 is 21.6 Å². The quantitative estimate of drug-likeness (QED) is 0.787. The summed E-state index contributed by atoms with van der Waals surface area (Å²) in [6, 6.07) is 4.27. The molecule has 7 heteroatoms. The van der Waals surface area contributed by atoms with Crippen LogP contribution in [0.4, 0.5) is 4.39 Å². The van der Waals surface area contributed by atoms with Crippen LogP contribution >= 0.6 is 11.6 Å². The summed E-state index contributed by atoms with van der Waals surface area (Å²) < 4.78 is 40.0. The SMILES string of the molecule is O=C1C=C/C(=N\S(=O)(=O)c2ccc(F)cc2)C=C1Cl. The van der Waals surface area contributed by atoms with Crippen LogP contribution in [0.3, 0.4) is 0 Å². The number of ketones is 1. The largest absolute Gasteiger partial charge is 0.288 e. The molecule has 0 N–H and O–H groups in total. The molecule has 19 heavy (non-hydrogen) atoms. The minimum atomic E-state index is -3.96. The van der Waals surface area contributed by atoms with Crippen molar-refractivity contribution < 1.29 is 17.6 Å². The second-order valence-corrected chi connectivity index (χ2v) is 5.65. The summed E-state index contributed by atoms with van der Waals surface area (Å²) in [5.41, 5.74) is 0.0360. The Kier molecular flexibility index (Phi) is 3.64. The van der Waals surface area contributed by atoms with E-state index in [1.165, 1.54) is 6.08 Å². The highest BCUT2D eigenvalue weighted by molar-refractivity contribution is 7.90. The van der Waals surface area contributed by atoms with Crippen LogP contribution in [0.15, 0.2) is 56.8 Å². The van der Waals surface area contributed by atoms with Crippen molar-refractivity contribution in [3.05, 3.63) is 53.3 Å². The molecule has 0 amide bonds. The highest BCUT2D eigenvalue weighted by atomic mass is 35.5. The molecule has 0 aromatic heterocycles. The van der Waals surface area contributed by atoms with E-state index in [9.17, 15) is 17.6 Å². The molecule has 1 aromatic rings. The molecule has 0 bridgehead atoms. The normalized spacial score (nSPS) is 17.7. The van der Waals surface area contributed by atoms with Gasteiger partial charge in [0.05, 0.1) is 15.6 Å². The van der Waals surface area contributed by atoms with E-state index in [2.05, 4.69) is 4.40 Å². The highest BCUT2D eigenvalue weighted by Crippen LogP contribution is 2.16. The summed E-state index contributed by atoms with van der Waals surface area (Å²) in [7, 11) is -3.96. The Balaban J connectivity index is 2.40. The first-order valence-corrected chi connectivity index (χ1v) is 6.90. The molecule has 0 heterocycles. The highest BCUT2D eigenvalue weighted by Gasteiger charge is 2.16. The monoisotopic (exact) mass is 299 g/mol. The zero-order valence-electron chi connectivity index (χ0n) is 9.38. The molecule has 0 radical (unpaired) electrons. The Morgan fingerprint density at radius 3 is 2.32 bits per heavy atom. The van der Waals surface area contributed by atoms with Crippen molar-refractivity contribution in [2.45, 2.75) is 4.90 Å². The molecule has 0 aliphatic heterocycles. The van der Waals surface area contributed by atoms with Gasteiger partial charge in [0.15, 0.2) is 5.78 Å². The smallest absolute Gasteiger partial charge is 0.282 e. The lowest BCUT2D eigenvalue weighted by atomic mass is 10.2. The van der Waals surface area contributed by atoms with Gasteiger partial charge in [0, 0.05) is 0 Å². The maximum Gasteiger partial charge on any atom is 0.282 e. The average molecular weight is 300 g/mol. The lowest BCUT2D eigenvalue weighted by Gasteiger charge is -2.03. The Morgan fingerprint density at radius 1 is 1.11 bits per heavy atom. The molecule has 0 spiro atoms. The fourth-order valence-electron chi connectivity index (χ4n) is 1.34. The summed E-state index contributed by atoms with van der Waals surface area (Å²) in [5.74, 6) is -0.961. The summed E-state index contributed by atoms with van der Waals surface area (Å²) in [6.45, 7) is 0. The van der Waals surface area contributed by atoms with E-state index in [0.29, 0.717) is 0 Å². The maximum absolute atomic E-state index is 12.7. The molecular weight excluding hydrogens is 293 g/mol. The van der Waals surface area contributed by atoms with Crippen LogP contribution in [-0.4, -0.2) is 19.9 Å². The van der Waals surface area contributed by atoms with Crippen molar-refractivity contribution in [1.82, 2.24) is 0 Å². The minimum Gasteiger partial charge on any atom is -0.288 e. The third kappa shape index (κ3) is 3.15. The molecule has 1 aliphatic carbocycles. The van der Waals surface area contributed by atoms with Gasteiger partial charge in [0.1, 0.15) is 5.82 Å². The standard InChI is InChI=1S/C12H7ClFNO3S/c13-11-7-9(3-6-12(11)16)15-19(17,18)10-4-1-8(14)2-5-10/h1-7H/b15-9+. The molecule has 0 fully saturated rings. The second kappa shape index (κ2) is 5.07. The number of benzene rings is 1. The van der Waals surface area contributed by atoms with Crippen LogP contribution in [0.25, 0.3) is 0 Å². The Bertz CT molecular complexity index is 718. The number of nitrogens with zero attached hydrogens (tertiary/aromatic N) is 1. The van der Waals surface area contributed by atoms with Crippen LogP contribution in [0.1, 0.15) is 0 Å². The van der Waals surface area contributed by atoms with Crippen molar-refractivity contribution in [1.29, 1.82) is 0 Å². The van der Waals surface area contributed by atoms with Gasteiger partial charge in [-0.1, -0.05) is 11.6 Å². The van der Waals surface area contributed by atoms with E-state index in [-0.39, 0.29) is 15.6 Å². The number of rotatable bonds is 2. The third-order valence-corrected chi connectivity index (χ3v) is 3.87. The van der Waals surface area contributed by atoms with Crippen molar-refractivity contribution in [3.63, 3.8) is 0 Å². The van der Waals surface area contributed by atoms with E-state index in [0.717, 1.165) is 36.4 Å². The maximum atomic E-state index is 12.7. The van der Waals surface area contributed by atoms with Crippen LogP contribution in [-0.2, 0) is 14.8 Å².